The summed E-state index contributed by atoms with van der Waals surface area (Å²) in [6.45, 7) is 11.3. The van der Waals surface area contributed by atoms with Gasteiger partial charge in [-0.25, -0.2) is 0 Å². The van der Waals surface area contributed by atoms with Crippen molar-refractivity contribution in [1.82, 2.24) is 0 Å². The van der Waals surface area contributed by atoms with E-state index in [1.807, 2.05) is 0 Å². The van der Waals surface area contributed by atoms with Gasteiger partial charge in [0.15, 0.2) is 0 Å². The molecule has 0 saturated carbocycles. The molecule has 0 spiro atoms. The van der Waals surface area contributed by atoms with Crippen molar-refractivity contribution in [1.29, 1.82) is 0 Å². The topological polar surface area (TPSA) is 0 Å². The van der Waals surface area contributed by atoms with Gasteiger partial charge in [0.05, 0.1) is 0 Å². The van der Waals surface area contributed by atoms with Crippen LogP contribution in [-0.4, -0.2) is 23.1 Å². The fourth-order valence-electron chi connectivity index (χ4n) is 0. The molecule has 0 aromatic rings. The monoisotopic (exact) mass is 126 g/mol. The molecule has 0 N–H and O–H groups in total. The Balaban J connectivity index is -0.0000000600. The number of rotatable bonds is 0. The van der Waals surface area contributed by atoms with Crippen molar-refractivity contribution < 1.29 is 2.85 Å². The summed E-state index contributed by atoms with van der Waals surface area (Å²) in [7, 11) is 0. The van der Waals surface area contributed by atoms with Crippen LogP contribution >= 0.6 is 0 Å². The van der Waals surface area contributed by atoms with Crippen LogP contribution in [0.3, 0.4) is 0 Å². The largest absolute Gasteiger partial charge is 2.00 e. The van der Waals surface area contributed by atoms with E-state index in [4.69, 9.17) is 0 Å². The van der Waals surface area contributed by atoms with Crippen molar-refractivity contribution >= 4 is 23.1 Å². The Morgan fingerprint density at radius 1 is 1.12 bits per heavy atom. The molecule has 0 amide bonds. The van der Waals surface area contributed by atoms with Crippen molar-refractivity contribution in [2.75, 3.05) is 0 Å². The standard InChI is InChI=1S/C7H16.Mg.2H/c1-6(2)7(3,4)5;;;/h6H,1-5H3;;;/q;+2;2*-1. The molecule has 8 heavy (non-hydrogen) atoms. The fourth-order valence-corrected chi connectivity index (χ4v) is 0. The molecule has 0 atom stereocenters. The molecule has 0 aromatic heterocycles. The van der Waals surface area contributed by atoms with Gasteiger partial charge >= 0.3 is 23.1 Å². The third-order valence-corrected chi connectivity index (χ3v) is 1.73. The van der Waals surface area contributed by atoms with Crippen molar-refractivity contribution in [3.8, 4) is 0 Å². The third kappa shape index (κ3) is 4.91. The molecule has 0 aromatic carbocycles. The van der Waals surface area contributed by atoms with Crippen LogP contribution in [0.2, 0.25) is 0 Å². The maximum Gasteiger partial charge on any atom is 2.00 e. The molecule has 48 valence electrons. The first-order valence-corrected chi connectivity index (χ1v) is 2.94. The molecule has 0 aliphatic rings. The van der Waals surface area contributed by atoms with Crippen LogP contribution in [0.5, 0.6) is 0 Å². The summed E-state index contributed by atoms with van der Waals surface area (Å²) < 4.78 is 0. The van der Waals surface area contributed by atoms with Gasteiger partial charge in [-0.05, 0) is 11.3 Å². The van der Waals surface area contributed by atoms with Crippen molar-refractivity contribution in [3.63, 3.8) is 0 Å². The summed E-state index contributed by atoms with van der Waals surface area (Å²) in [4.78, 5) is 0. The van der Waals surface area contributed by atoms with Gasteiger partial charge in [-0.2, -0.15) is 0 Å². The Morgan fingerprint density at radius 2 is 1.25 bits per heavy atom. The maximum absolute atomic E-state index is 2.26. The predicted molar refractivity (Wildman–Crippen MR) is 42.3 cm³/mol. The molecule has 0 fully saturated rings. The summed E-state index contributed by atoms with van der Waals surface area (Å²) in [6, 6.07) is 0. The second kappa shape index (κ2) is 3.73. The average Bonchev–Trinajstić information content (AvgIpc) is 1.31. The number of hydrogen-bond donors (Lipinski definition) is 0. The normalized spacial score (nSPS) is 11.2. The summed E-state index contributed by atoms with van der Waals surface area (Å²) in [6.07, 6.45) is 0. The van der Waals surface area contributed by atoms with Gasteiger partial charge in [-0.3, -0.25) is 0 Å². The Bertz CT molecular complexity index is 57.1. The van der Waals surface area contributed by atoms with Gasteiger partial charge in [0.25, 0.3) is 0 Å². The summed E-state index contributed by atoms with van der Waals surface area (Å²) in [5, 5.41) is 0. The van der Waals surface area contributed by atoms with E-state index in [0.717, 1.165) is 5.92 Å². The molecule has 0 saturated heterocycles. The van der Waals surface area contributed by atoms with Crippen LogP contribution < -0.4 is 0 Å². The van der Waals surface area contributed by atoms with Crippen molar-refractivity contribution in [2.45, 2.75) is 34.6 Å². The maximum atomic E-state index is 2.26. The minimum absolute atomic E-state index is 0. The van der Waals surface area contributed by atoms with Crippen LogP contribution in [0.4, 0.5) is 0 Å². The molecule has 0 nitrogen and oxygen atoms in total. The Labute approximate surface area is 72.2 Å². The first-order valence-electron chi connectivity index (χ1n) is 2.94. The zero-order chi connectivity index (χ0) is 6.08. The van der Waals surface area contributed by atoms with Gasteiger partial charge in [0.2, 0.25) is 0 Å². The second-order valence-electron chi connectivity index (χ2n) is 3.52. The van der Waals surface area contributed by atoms with Gasteiger partial charge < -0.3 is 2.85 Å². The van der Waals surface area contributed by atoms with Crippen LogP contribution in [0, 0.1) is 11.3 Å². The van der Waals surface area contributed by atoms with E-state index in [1.54, 1.807) is 0 Å². The minimum Gasteiger partial charge on any atom is -1.00 e. The summed E-state index contributed by atoms with van der Waals surface area (Å²) >= 11 is 0. The van der Waals surface area contributed by atoms with E-state index in [2.05, 4.69) is 34.6 Å². The molecular weight excluding hydrogens is 108 g/mol. The summed E-state index contributed by atoms with van der Waals surface area (Å²) in [5.74, 6) is 0.799. The molecule has 0 aliphatic heterocycles. The van der Waals surface area contributed by atoms with Crippen LogP contribution in [0.1, 0.15) is 37.5 Å². The van der Waals surface area contributed by atoms with E-state index < -0.39 is 0 Å². The van der Waals surface area contributed by atoms with Gasteiger partial charge in [-0.1, -0.05) is 34.6 Å². The quantitative estimate of drug-likeness (QED) is 0.438. The molecule has 0 bridgehead atoms. The van der Waals surface area contributed by atoms with E-state index >= 15 is 0 Å². The molecule has 0 radical (unpaired) electrons. The Hall–Kier alpha value is 0.766. The van der Waals surface area contributed by atoms with E-state index in [0.29, 0.717) is 5.41 Å². The smallest absolute Gasteiger partial charge is 1.00 e. The first-order chi connectivity index (χ1) is 2.94. The van der Waals surface area contributed by atoms with Crippen LogP contribution in [-0.2, 0) is 0 Å². The molecule has 0 rings (SSSR count). The predicted octanol–water partition coefficient (Wildman–Crippen LogP) is 2.53. The Morgan fingerprint density at radius 3 is 1.25 bits per heavy atom. The number of hydrogen-bond acceptors (Lipinski definition) is 0. The average molecular weight is 127 g/mol. The van der Waals surface area contributed by atoms with E-state index in [9.17, 15) is 0 Å². The fraction of sp³-hybridized carbons (Fsp3) is 1.00. The molecule has 0 heterocycles. The van der Waals surface area contributed by atoms with E-state index in [1.165, 1.54) is 0 Å². The first kappa shape index (κ1) is 11.5. The zero-order valence-electron chi connectivity index (χ0n) is 8.78. The molecule has 1 heteroatoms. The molecule has 0 unspecified atom stereocenters. The third-order valence-electron chi connectivity index (χ3n) is 1.73. The summed E-state index contributed by atoms with van der Waals surface area (Å²) in [5.41, 5.74) is 0.500. The zero-order valence-corrected chi connectivity index (χ0v) is 8.20. The van der Waals surface area contributed by atoms with Crippen molar-refractivity contribution in [2.24, 2.45) is 11.3 Å². The second-order valence-corrected chi connectivity index (χ2v) is 3.52. The van der Waals surface area contributed by atoms with Gasteiger partial charge in [0.1, 0.15) is 0 Å². The molecular formula is C7H18Mg. The Kier molecular flexibility index (Phi) is 5.38. The van der Waals surface area contributed by atoms with Crippen molar-refractivity contribution in [3.05, 3.63) is 0 Å². The van der Waals surface area contributed by atoms with E-state index in [-0.39, 0.29) is 25.9 Å². The molecule has 0 aliphatic carbocycles. The SMILES string of the molecule is CC(C)C(C)(C)C.[H-].[H-].[Mg+2]. The minimum atomic E-state index is 0. The van der Waals surface area contributed by atoms with Gasteiger partial charge in [0, 0.05) is 0 Å². The van der Waals surface area contributed by atoms with Crippen LogP contribution in [0.25, 0.3) is 0 Å². The van der Waals surface area contributed by atoms with Crippen LogP contribution in [0.15, 0.2) is 0 Å². The van der Waals surface area contributed by atoms with Gasteiger partial charge in [-0.15, -0.1) is 0 Å².